The molecule has 5 nitrogen and oxygen atoms in total. The number of nitrogens with one attached hydrogen (secondary N) is 1. The highest BCUT2D eigenvalue weighted by Crippen LogP contribution is 2.75. The Morgan fingerprint density at radius 3 is 2.85 bits per heavy atom. The van der Waals surface area contributed by atoms with E-state index >= 15 is 0 Å². The lowest BCUT2D eigenvalue weighted by Crippen LogP contribution is -2.39. The normalized spacial score (nSPS) is 33.6. The van der Waals surface area contributed by atoms with Gasteiger partial charge in [-0.3, -0.25) is 14.8 Å². The van der Waals surface area contributed by atoms with E-state index in [4.69, 9.17) is 9.73 Å². The molecule has 2 aliphatic carbocycles. The van der Waals surface area contributed by atoms with Crippen LogP contribution in [0, 0.1) is 5.41 Å². The topological polar surface area (TPSA) is 63.1 Å². The van der Waals surface area contributed by atoms with E-state index < -0.39 is 0 Å². The zero-order chi connectivity index (χ0) is 17.5. The van der Waals surface area contributed by atoms with Gasteiger partial charge in [-0.05, 0) is 54.8 Å². The number of ether oxygens (including phenoxy) is 1. The van der Waals surface area contributed by atoms with Crippen LogP contribution in [0.5, 0.6) is 5.75 Å². The first-order valence-electron chi connectivity index (χ1n) is 9.18. The third-order valence-corrected chi connectivity index (χ3v) is 6.72. The van der Waals surface area contributed by atoms with Crippen molar-refractivity contribution in [2.45, 2.75) is 24.8 Å². The molecule has 26 heavy (non-hydrogen) atoms. The number of hydrogen-bond acceptors (Lipinski definition) is 5. The number of Topliss-reactive ketones (excluding diaryl/α,β-unsaturated/α-hetero) is 1. The number of benzene rings is 1. The standard InChI is InChI=1S/C21H19N3O2/c1-26-13-4-2-12(3-5-13)18-19-16(10-23-18)20-8-17(25)14-6-7-22-9-15(14)21(20,11-20)24-19/h2-5,10,22H,6-9,11H2,1H3. The smallest absolute Gasteiger partial charge is 0.160 e. The molecular weight excluding hydrogens is 326 g/mol. The second-order valence-corrected chi connectivity index (χ2v) is 7.81. The van der Waals surface area contributed by atoms with Gasteiger partial charge in [0.1, 0.15) is 5.75 Å². The minimum atomic E-state index is -0.182. The summed E-state index contributed by atoms with van der Waals surface area (Å²) >= 11 is 0. The van der Waals surface area contributed by atoms with Gasteiger partial charge in [-0.15, -0.1) is 0 Å². The Labute approximate surface area is 151 Å². The lowest BCUT2D eigenvalue weighted by atomic mass is 9.75. The van der Waals surface area contributed by atoms with Crippen LogP contribution in [-0.2, 0) is 4.79 Å². The predicted octanol–water partition coefficient (Wildman–Crippen LogP) is 2.23. The van der Waals surface area contributed by atoms with Crippen molar-refractivity contribution < 1.29 is 9.53 Å². The molecule has 6 rings (SSSR count). The Bertz CT molecular complexity index is 999. The molecule has 0 amide bonds. The molecule has 3 aliphatic heterocycles. The molecule has 0 radical (unpaired) electrons. The molecule has 5 heteroatoms. The summed E-state index contributed by atoms with van der Waals surface area (Å²) in [6.07, 6.45) is 4.36. The van der Waals surface area contributed by atoms with Crippen molar-refractivity contribution >= 4 is 17.2 Å². The molecule has 1 N–H and O–H groups in total. The quantitative estimate of drug-likeness (QED) is 0.894. The Hall–Kier alpha value is -2.53. The number of nitrogens with zero attached hydrogens (tertiary/aromatic N) is 2. The first-order chi connectivity index (χ1) is 12.7. The lowest BCUT2D eigenvalue weighted by molar-refractivity contribution is -0.117. The van der Waals surface area contributed by atoms with Crippen LogP contribution in [0.3, 0.4) is 0 Å². The van der Waals surface area contributed by atoms with E-state index in [1.807, 2.05) is 30.5 Å². The molecule has 1 aromatic carbocycles. The third kappa shape index (κ3) is 1.54. The summed E-state index contributed by atoms with van der Waals surface area (Å²) in [5, 5.41) is 3.44. The Kier molecular flexibility index (Phi) is 2.58. The van der Waals surface area contributed by atoms with Gasteiger partial charge in [-0.25, -0.2) is 0 Å². The highest BCUT2D eigenvalue weighted by Gasteiger charge is 2.78. The molecule has 0 aromatic heterocycles. The first-order valence-corrected chi connectivity index (χ1v) is 9.18. The monoisotopic (exact) mass is 345 g/mol. The van der Waals surface area contributed by atoms with E-state index in [0.717, 1.165) is 54.2 Å². The zero-order valence-corrected chi connectivity index (χ0v) is 14.6. The molecule has 3 heterocycles. The highest BCUT2D eigenvalue weighted by atomic mass is 16.5. The van der Waals surface area contributed by atoms with Gasteiger partial charge < -0.3 is 10.1 Å². The lowest BCUT2D eigenvalue weighted by Gasteiger charge is -2.31. The second-order valence-electron chi connectivity index (χ2n) is 7.81. The van der Waals surface area contributed by atoms with Gasteiger partial charge in [-0.1, -0.05) is 0 Å². The Morgan fingerprint density at radius 1 is 1.19 bits per heavy atom. The molecule has 130 valence electrons. The Morgan fingerprint density at radius 2 is 2.04 bits per heavy atom. The number of fused-ring (bicyclic) bond motifs is 1. The SMILES string of the molecule is COc1ccc(C2=NC=C3C2=NC24CC32CC(=O)C2=C4CNCC2)cc1. The predicted molar refractivity (Wildman–Crippen MR) is 99.0 cm³/mol. The van der Waals surface area contributed by atoms with Gasteiger partial charge in [0.2, 0.25) is 0 Å². The molecule has 1 aromatic rings. The fourth-order valence-electron chi connectivity index (χ4n) is 5.39. The third-order valence-electron chi connectivity index (χ3n) is 6.72. The van der Waals surface area contributed by atoms with Gasteiger partial charge >= 0.3 is 0 Å². The second kappa shape index (κ2) is 4.60. The van der Waals surface area contributed by atoms with Crippen molar-refractivity contribution in [3.63, 3.8) is 0 Å². The van der Waals surface area contributed by atoms with Crippen LogP contribution < -0.4 is 10.1 Å². The van der Waals surface area contributed by atoms with Crippen LogP contribution in [0.25, 0.3) is 0 Å². The summed E-state index contributed by atoms with van der Waals surface area (Å²) < 4.78 is 5.26. The van der Waals surface area contributed by atoms with Gasteiger partial charge in [0, 0.05) is 35.7 Å². The van der Waals surface area contributed by atoms with Crippen LogP contribution in [0.2, 0.25) is 0 Å². The maximum Gasteiger partial charge on any atom is 0.160 e. The van der Waals surface area contributed by atoms with Crippen LogP contribution in [0.15, 0.2) is 57.2 Å². The average Bonchev–Trinajstić information content (AvgIpc) is 3.00. The molecule has 0 saturated heterocycles. The molecule has 2 atom stereocenters. The van der Waals surface area contributed by atoms with Crippen molar-refractivity contribution in [1.29, 1.82) is 0 Å². The largest absolute Gasteiger partial charge is 0.497 e. The van der Waals surface area contributed by atoms with Crippen molar-refractivity contribution in [1.82, 2.24) is 5.32 Å². The maximum atomic E-state index is 12.8. The molecule has 1 fully saturated rings. The summed E-state index contributed by atoms with van der Waals surface area (Å²) in [7, 11) is 1.67. The molecule has 0 spiro atoms. The molecule has 0 bridgehead atoms. The van der Waals surface area contributed by atoms with Crippen molar-refractivity contribution in [2.75, 3.05) is 20.2 Å². The van der Waals surface area contributed by atoms with Gasteiger partial charge in [0.25, 0.3) is 0 Å². The van der Waals surface area contributed by atoms with Gasteiger partial charge in [0.15, 0.2) is 5.78 Å². The van der Waals surface area contributed by atoms with E-state index in [1.165, 1.54) is 11.1 Å². The number of carbonyl (C=O) groups is 1. The summed E-state index contributed by atoms with van der Waals surface area (Å²) in [6.45, 7) is 1.69. The zero-order valence-electron chi connectivity index (χ0n) is 14.6. The van der Waals surface area contributed by atoms with Crippen molar-refractivity contribution in [2.24, 2.45) is 15.4 Å². The minimum Gasteiger partial charge on any atom is -0.497 e. The molecule has 5 aliphatic rings. The van der Waals surface area contributed by atoms with Gasteiger partial charge in [-0.2, -0.15) is 0 Å². The molecular formula is C21H19N3O2. The number of methoxy groups -OCH3 is 1. The molecule has 2 unspecified atom stereocenters. The summed E-state index contributed by atoms with van der Waals surface area (Å²) in [5.74, 6) is 1.15. The summed E-state index contributed by atoms with van der Waals surface area (Å²) in [5.41, 5.74) is 6.12. The first kappa shape index (κ1) is 14.6. The number of rotatable bonds is 2. The molecule has 1 saturated carbocycles. The fourth-order valence-corrected chi connectivity index (χ4v) is 5.39. The summed E-state index contributed by atoms with van der Waals surface area (Å²) in [6, 6.07) is 7.95. The van der Waals surface area contributed by atoms with Crippen LogP contribution in [-0.4, -0.2) is 42.9 Å². The fraction of sp³-hybridized carbons (Fsp3) is 0.381. The van der Waals surface area contributed by atoms with E-state index in [-0.39, 0.29) is 11.0 Å². The van der Waals surface area contributed by atoms with Gasteiger partial charge in [0.05, 0.1) is 24.1 Å². The Balaban J connectivity index is 1.45. The maximum absolute atomic E-state index is 12.8. The highest BCUT2D eigenvalue weighted by molar-refractivity contribution is 6.56. The van der Waals surface area contributed by atoms with E-state index in [1.54, 1.807) is 7.11 Å². The number of carbonyl (C=O) groups excluding carboxylic acids is 1. The average molecular weight is 345 g/mol. The van der Waals surface area contributed by atoms with E-state index in [0.29, 0.717) is 12.2 Å². The van der Waals surface area contributed by atoms with Crippen LogP contribution in [0.1, 0.15) is 24.8 Å². The van der Waals surface area contributed by atoms with Crippen LogP contribution in [0.4, 0.5) is 0 Å². The van der Waals surface area contributed by atoms with E-state index in [9.17, 15) is 4.79 Å². The summed E-state index contributed by atoms with van der Waals surface area (Å²) in [4.78, 5) is 22.7. The van der Waals surface area contributed by atoms with E-state index in [2.05, 4.69) is 10.3 Å². The number of aliphatic imine (C=N–C) groups is 2. The van der Waals surface area contributed by atoms with Crippen molar-refractivity contribution in [3.05, 3.63) is 52.7 Å². The van der Waals surface area contributed by atoms with Crippen LogP contribution >= 0.6 is 0 Å². The number of ketones is 1. The minimum absolute atomic E-state index is 0.130. The van der Waals surface area contributed by atoms with Crippen molar-refractivity contribution in [3.8, 4) is 5.75 Å². The number of hydrogen-bond donors (Lipinski definition) is 1.